The van der Waals surface area contributed by atoms with Crippen molar-refractivity contribution in [1.29, 1.82) is 0 Å². The van der Waals surface area contributed by atoms with Gasteiger partial charge in [0.25, 0.3) is 0 Å². The first kappa shape index (κ1) is 19.6. The molecule has 1 fully saturated rings. The molecule has 0 aromatic heterocycles. The van der Waals surface area contributed by atoms with Crippen LogP contribution in [0, 0.1) is 5.82 Å². The molecule has 2 rings (SSSR count). The molecule has 10 heteroatoms. The van der Waals surface area contributed by atoms with Crippen molar-refractivity contribution in [2.24, 2.45) is 0 Å². The molecule has 0 aliphatic carbocycles. The Kier molecular flexibility index (Phi) is 6.33. The van der Waals surface area contributed by atoms with E-state index in [4.69, 9.17) is 26.2 Å². The SMILES string of the molecule is O=C(O)/C(=C\c1c(F)cccc1Cl)O[C@H]1O[C@@H](CO)[C@H](O)[C@H](O)[C@H]1O. The maximum absolute atomic E-state index is 13.8. The third kappa shape index (κ3) is 4.27. The predicted molar refractivity (Wildman–Crippen MR) is 81.9 cm³/mol. The molecule has 5 atom stereocenters. The van der Waals surface area contributed by atoms with Gasteiger partial charge >= 0.3 is 5.97 Å². The monoisotopic (exact) mass is 378 g/mol. The third-order valence-corrected chi connectivity index (χ3v) is 3.91. The Morgan fingerprint density at radius 1 is 1.28 bits per heavy atom. The Bertz CT molecular complexity index is 645. The van der Waals surface area contributed by atoms with Gasteiger partial charge in [-0.1, -0.05) is 17.7 Å². The minimum Gasteiger partial charge on any atom is -0.475 e. The van der Waals surface area contributed by atoms with Gasteiger partial charge < -0.3 is 35.0 Å². The second kappa shape index (κ2) is 8.09. The van der Waals surface area contributed by atoms with Crippen LogP contribution in [0.2, 0.25) is 5.02 Å². The summed E-state index contributed by atoms with van der Waals surface area (Å²) in [4.78, 5) is 11.3. The summed E-state index contributed by atoms with van der Waals surface area (Å²) < 4.78 is 23.9. The van der Waals surface area contributed by atoms with Crippen LogP contribution in [0.3, 0.4) is 0 Å². The Balaban J connectivity index is 2.30. The molecule has 138 valence electrons. The first-order chi connectivity index (χ1) is 11.8. The molecule has 1 aliphatic heterocycles. The lowest BCUT2D eigenvalue weighted by molar-refractivity contribution is -0.291. The molecule has 8 nitrogen and oxygen atoms in total. The molecule has 5 N–H and O–H groups in total. The van der Waals surface area contributed by atoms with Gasteiger partial charge in [-0.05, 0) is 18.2 Å². The average Bonchev–Trinajstić information content (AvgIpc) is 2.57. The summed E-state index contributed by atoms with van der Waals surface area (Å²) >= 11 is 5.82. The highest BCUT2D eigenvalue weighted by Gasteiger charge is 2.45. The van der Waals surface area contributed by atoms with E-state index in [1.54, 1.807) is 0 Å². The largest absolute Gasteiger partial charge is 0.475 e. The average molecular weight is 379 g/mol. The van der Waals surface area contributed by atoms with Crippen LogP contribution in [0.4, 0.5) is 4.39 Å². The van der Waals surface area contributed by atoms with Gasteiger partial charge in [-0.3, -0.25) is 0 Å². The minimum absolute atomic E-state index is 0.0730. The lowest BCUT2D eigenvalue weighted by Gasteiger charge is -2.39. The summed E-state index contributed by atoms with van der Waals surface area (Å²) in [5, 5.41) is 47.5. The second-order valence-corrected chi connectivity index (χ2v) is 5.67. The Morgan fingerprint density at radius 2 is 1.96 bits per heavy atom. The van der Waals surface area contributed by atoms with E-state index in [9.17, 15) is 29.6 Å². The number of halogens is 2. The number of hydrogen-bond acceptors (Lipinski definition) is 7. The number of benzene rings is 1. The summed E-state index contributed by atoms with van der Waals surface area (Å²) in [6.45, 7) is -0.712. The molecule has 0 amide bonds. The molecule has 1 aliphatic rings. The predicted octanol–water partition coefficient (Wildman–Crippen LogP) is -0.279. The van der Waals surface area contributed by atoms with E-state index in [1.165, 1.54) is 12.1 Å². The van der Waals surface area contributed by atoms with Crippen molar-refractivity contribution in [1.82, 2.24) is 0 Å². The van der Waals surface area contributed by atoms with Crippen LogP contribution in [0.25, 0.3) is 6.08 Å². The molecular weight excluding hydrogens is 363 g/mol. The zero-order valence-corrected chi connectivity index (χ0v) is 13.4. The minimum atomic E-state index is -1.81. The Morgan fingerprint density at radius 3 is 2.52 bits per heavy atom. The number of carboxylic acid groups (broad SMARTS) is 1. The van der Waals surface area contributed by atoms with Crippen molar-refractivity contribution in [3.05, 3.63) is 40.4 Å². The first-order valence-electron chi connectivity index (χ1n) is 7.12. The fourth-order valence-electron chi connectivity index (χ4n) is 2.22. The van der Waals surface area contributed by atoms with Crippen molar-refractivity contribution in [3.63, 3.8) is 0 Å². The van der Waals surface area contributed by atoms with Crippen LogP contribution in [-0.4, -0.2) is 68.8 Å². The van der Waals surface area contributed by atoms with Crippen LogP contribution in [0.5, 0.6) is 0 Å². The standard InChI is InChI=1S/C15H16ClFO8/c16-7-2-1-3-8(17)6(7)4-9(14(22)23)24-15-13(21)12(20)11(19)10(5-18)25-15/h1-4,10-13,15,18-21H,5H2,(H,22,23)/b9-4+/t10-,11-,12-,13+,15-/m0/s1. The van der Waals surface area contributed by atoms with Crippen LogP contribution in [0.15, 0.2) is 24.0 Å². The fraction of sp³-hybridized carbons (Fsp3) is 0.400. The maximum atomic E-state index is 13.8. The summed E-state index contributed by atoms with van der Waals surface area (Å²) in [5.74, 6) is -3.24. The van der Waals surface area contributed by atoms with Gasteiger partial charge in [0.05, 0.1) is 11.6 Å². The number of aliphatic hydroxyl groups is 4. The molecule has 0 spiro atoms. The number of aliphatic hydroxyl groups excluding tert-OH is 4. The van der Waals surface area contributed by atoms with Crippen molar-refractivity contribution >= 4 is 23.6 Å². The van der Waals surface area contributed by atoms with Gasteiger partial charge in [0.15, 0.2) is 0 Å². The molecule has 0 radical (unpaired) electrons. The van der Waals surface area contributed by atoms with E-state index in [2.05, 4.69) is 0 Å². The molecule has 1 aromatic rings. The summed E-state index contributed by atoms with van der Waals surface area (Å²) in [6.07, 6.45) is -7.39. The van der Waals surface area contributed by atoms with Crippen molar-refractivity contribution in [2.45, 2.75) is 30.7 Å². The number of carbonyl (C=O) groups is 1. The van der Waals surface area contributed by atoms with Gasteiger partial charge in [0.2, 0.25) is 12.0 Å². The molecule has 0 unspecified atom stereocenters. The maximum Gasteiger partial charge on any atom is 0.371 e. The molecule has 1 aromatic carbocycles. The normalized spacial score (nSPS) is 30.2. The van der Waals surface area contributed by atoms with Gasteiger partial charge in [0, 0.05) is 5.56 Å². The number of carboxylic acids is 1. The van der Waals surface area contributed by atoms with E-state index < -0.39 is 54.9 Å². The highest BCUT2D eigenvalue weighted by molar-refractivity contribution is 6.32. The van der Waals surface area contributed by atoms with Crippen LogP contribution < -0.4 is 0 Å². The van der Waals surface area contributed by atoms with E-state index >= 15 is 0 Å². The second-order valence-electron chi connectivity index (χ2n) is 5.26. The van der Waals surface area contributed by atoms with E-state index in [0.717, 1.165) is 12.1 Å². The number of rotatable bonds is 5. The van der Waals surface area contributed by atoms with Gasteiger partial charge in [-0.2, -0.15) is 0 Å². The first-order valence-corrected chi connectivity index (χ1v) is 7.50. The summed E-state index contributed by atoms with van der Waals surface area (Å²) in [6, 6.07) is 3.72. The van der Waals surface area contributed by atoms with Gasteiger partial charge in [0.1, 0.15) is 30.2 Å². The van der Waals surface area contributed by atoms with Crippen molar-refractivity contribution in [3.8, 4) is 0 Å². The summed E-state index contributed by atoms with van der Waals surface area (Å²) in [7, 11) is 0. The summed E-state index contributed by atoms with van der Waals surface area (Å²) in [5.41, 5.74) is -0.258. The number of aliphatic carboxylic acids is 1. The highest BCUT2D eigenvalue weighted by atomic mass is 35.5. The molecule has 0 bridgehead atoms. The molecule has 1 heterocycles. The van der Waals surface area contributed by atoms with Crippen LogP contribution in [-0.2, 0) is 14.3 Å². The third-order valence-electron chi connectivity index (χ3n) is 3.58. The van der Waals surface area contributed by atoms with Crippen LogP contribution in [0.1, 0.15) is 5.56 Å². The Labute approximate surface area is 146 Å². The van der Waals surface area contributed by atoms with Crippen molar-refractivity contribution in [2.75, 3.05) is 6.61 Å². The highest BCUT2D eigenvalue weighted by Crippen LogP contribution is 2.26. The lowest BCUT2D eigenvalue weighted by Crippen LogP contribution is -2.59. The smallest absolute Gasteiger partial charge is 0.371 e. The molecule has 25 heavy (non-hydrogen) atoms. The van der Waals surface area contributed by atoms with Gasteiger partial charge in [-0.15, -0.1) is 0 Å². The van der Waals surface area contributed by atoms with Gasteiger partial charge in [-0.25, -0.2) is 9.18 Å². The van der Waals surface area contributed by atoms with Crippen LogP contribution >= 0.6 is 11.6 Å². The van der Waals surface area contributed by atoms with Crippen molar-refractivity contribution < 1.29 is 44.2 Å². The van der Waals surface area contributed by atoms with E-state index in [0.29, 0.717) is 0 Å². The molecule has 0 saturated carbocycles. The molecular formula is C15H16ClFO8. The Hall–Kier alpha value is -1.75. The lowest BCUT2D eigenvalue weighted by atomic mass is 9.99. The molecule has 1 saturated heterocycles. The zero-order chi connectivity index (χ0) is 18.7. The fourth-order valence-corrected chi connectivity index (χ4v) is 2.43. The quantitative estimate of drug-likeness (QED) is 0.348. The number of hydrogen-bond donors (Lipinski definition) is 5. The topological polar surface area (TPSA) is 137 Å². The number of ether oxygens (including phenoxy) is 2. The zero-order valence-electron chi connectivity index (χ0n) is 12.6. The van der Waals surface area contributed by atoms with E-state index in [1.807, 2.05) is 0 Å². The van der Waals surface area contributed by atoms with E-state index in [-0.39, 0.29) is 10.6 Å².